The van der Waals surface area contributed by atoms with Crippen molar-refractivity contribution >= 4 is 17.3 Å². The zero-order chi connectivity index (χ0) is 30.3. The van der Waals surface area contributed by atoms with Crippen LogP contribution in [0.2, 0.25) is 0 Å². The van der Waals surface area contributed by atoms with Gasteiger partial charge in [0, 0.05) is 28.0 Å². The third-order valence-corrected chi connectivity index (χ3v) is 6.60. The van der Waals surface area contributed by atoms with E-state index in [1.165, 1.54) is 18.2 Å². The molecule has 0 fully saturated rings. The summed E-state index contributed by atoms with van der Waals surface area (Å²) in [5.74, 6) is -6.05. The van der Waals surface area contributed by atoms with Crippen LogP contribution in [0.3, 0.4) is 0 Å². The summed E-state index contributed by atoms with van der Waals surface area (Å²) in [5.41, 5.74) is -1.95. The molecule has 0 aliphatic carbocycles. The molecule has 1 aliphatic rings. The molecule has 4 nitrogen and oxygen atoms in total. The number of thioether (sulfide) groups is 1. The van der Waals surface area contributed by atoms with Crippen LogP contribution in [0.25, 0.3) is 16.7 Å². The lowest BCUT2D eigenvalue weighted by Crippen LogP contribution is -2.25. The highest BCUT2D eigenvalue weighted by Gasteiger charge is 2.41. The van der Waals surface area contributed by atoms with Crippen molar-refractivity contribution in [2.75, 3.05) is 19.8 Å². The van der Waals surface area contributed by atoms with Crippen LogP contribution >= 0.6 is 11.8 Å². The Kier molecular flexibility index (Phi) is 10.0. The predicted octanol–water partition coefficient (Wildman–Crippen LogP) is 8.91. The van der Waals surface area contributed by atoms with Crippen molar-refractivity contribution < 1.29 is 40.6 Å². The number of nitrogens with zero attached hydrogens (tertiary/aromatic N) is 1. The Morgan fingerprint density at radius 2 is 1.64 bits per heavy atom. The Morgan fingerprint density at radius 3 is 2.31 bits per heavy atom. The monoisotopic (exact) mass is 603 g/mol. The number of allylic oxidation sites excluding steroid dienone is 4. The quantitative estimate of drug-likeness (QED) is 0.160. The second-order valence-electron chi connectivity index (χ2n) is 9.24. The molecule has 0 N–H and O–H groups in total. The van der Waals surface area contributed by atoms with E-state index < -0.39 is 40.7 Å². The molecule has 0 saturated heterocycles. The van der Waals surface area contributed by atoms with Gasteiger partial charge >= 0.3 is 6.11 Å². The number of hydrogen-bond acceptors (Lipinski definition) is 5. The van der Waals surface area contributed by atoms with E-state index in [0.717, 1.165) is 24.1 Å². The Morgan fingerprint density at radius 1 is 0.929 bits per heavy atom. The lowest BCUT2D eigenvalue weighted by molar-refractivity contribution is -0.189. The number of ether oxygens (including phenoxy) is 3. The fourth-order valence-corrected chi connectivity index (χ4v) is 4.40. The van der Waals surface area contributed by atoms with E-state index in [9.17, 15) is 8.78 Å². The summed E-state index contributed by atoms with van der Waals surface area (Å²) in [6.45, 7) is 2.51. The van der Waals surface area contributed by atoms with Gasteiger partial charge in [-0.15, -0.1) is 0 Å². The highest BCUT2D eigenvalue weighted by Crippen LogP contribution is 2.38. The van der Waals surface area contributed by atoms with Crippen LogP contribution in [0.4, 0.5) is 26.3 Å². The smallest absolute Gasteiger partial charge is 0.432 e. The average Bonchev–Trinajstić information content (AvgIpc) is 2.92. The van der Waals surface area contributed by atoms with E-state index in [4.69, 9.17) is 14.7 Å². The van der Waals surface area contributed by atoms with Gasteiger partial charge in [0.1, 0.15) is 40.4 Å². The van der Waals surface area contributed by atoms with Crippen molar-refractivity contribution in [2.24, 2.45) is 5.92 Å². The Bertz CT molecular complexity index is 1540. The number of nitriles is 1. The van der Waals surface area contributed by atoms with Gasteiger partial charge < -0.3 is 14.2 Å². The Labute approximate surface area is 242 Å². The highest BCUT2D eigenvalue weighted by atomic mass is 32.2. The van der Waals surface area contributed by atoms with Gasteiger partial charge in [0.25, 0.3) is 0 Å². The zero-order valence-corrected chi connectivity index (χ0v) is 22.9. The van der Waals surface area contributed by atoms with Crippen molar-refractivity contribution in [2.45, 2.75) is 17.9 Å². The van der Waals surface area contributed by atoms with Crippen molar-refractivity contribution in [3.8, 4) is 22.3 Å². The normalized spacial score (nSPS) is 19.5. The first kappa shape index (κ1) is 30.8. The van der Waals surface area contributed by atoms with Crippen LogP contribution < -0.4 is 4.74 Å². The summed E-state index contributed by atoms with van der Waals surface area (Å²) in [6, 6.07) is 10.2. The van der Waals surface area contributed by atoms with Gasteiger partial charge in [-0.2, -0.15) is 14.0 Å². The number of alkyl halides is 2. The first-order chi connectivity index (χ1) is 20.1. The van der Waals surface area contributed by atoms with Gasteiger partial charge in [0.15, 0.2) is 5.83 Å². The number of benzene rings is 3. The summed E-state index contributed by atoms with van der Waals surface area (Å²) >= 11 is 0.916. The van der Waals surface area contributed by atoms with Crippen molar-refractivity contribution in [3.63, 3.8) is 0 Å². The van der Waals surface area contributed by atoms with Gasteiger partial charge in [-0.25, -0.2) is 17.6 Å². The lowest BCUT2D eigenvalue weighted by atomic mass is 10.0. The molecule has 42 heavy (non-hydrogen) atoms. The predicted molar refractivity (Wildman–Crippen MR) is 146 cm³/mol. The van der Waals surface area contributed by atoms with Crippen LogP contribution in [0.1, 0.15) is 18.1 Å². The van der Waals surface area contributed by atoms with Gasteiger partial charge in [0.2, 0.25) is 0 Å². The molecular formula is C31H23F6NO3S. The molecule has 218 valence electrons. The lowest BCUT2D eigenvalue weighted by Gasteiger charge is -2.20. The van der Waals surface area contributed by atoms with Gasteiger partial charge in [-0.05, 0) is 59.3 Å². The fraction of sp³-hybridized carbons (Fsp3) is 0.194. The minimum Gasteiger partial charge on any atom is -0.498 e. The van der Waals surface area contributed by atoms with E-state index in [-0.39, 0.29) is 35.8 Å². The number of halogens is 6. The van der Waals surface area contributed by atoms with Crippen LogP contribution in [0.5, 0.6) is 5.75 Å². The third-order valence-electron chi connectivity index (χ3n) is 6.00. The highest BCUT2D eigenvalue weighted by molar-refractivity contribution is 8.03. The molecule has 0 radical (unpaired) electrons. The third kappa shape index (κ3) is 7.57. The van der Waals surface area contributed by atoms with Crippen LogP contribution in [0, 0.1) is 34.0 Å². The number of rotatable bonds is 6. The summed E-state index contributed by atoms with van der Waals surface area (Å²) in [5, 5.41) is 10.6. The molecule has 0 saturated carbocycles. The molecule has 1 heterocycles. The van der Waals surface area contributed by atoms with Gasteiger partial charge in [-0.3, -0.25) is 0 Å². The largest absolute Gasteiger partial charge is 0.498 e. The summed E-state index contributed by atoms with van der Waals surface area (Å²) in [4.78, 5) is 0.631. The molecule has 11 heteroatoms. The first-order valence-corrected chi connectivity index (χ1v) is 13.4. The van der Waals surface area contributed by atoms with Crippen molar-refractivity contribution in [3.05, 3.63) is 113 Å². The minimum atomic E-state index is -4.55. The molecule has 0 bridgehead atoms. The zero-order valence-electron chi connectivity index (χ0n) is 22.1. The van der Waals surface area contributed by atoms with Gasteiger partial charge in [-0.1, -0.05) is 37.3 Å². The molecule has 3 aromatic rings. The van der Waals surface area contributed by atoms with Crippen LogP contribution in [-0.4, -0.2) is 19.8 Å². The summed E-state index contributed by atoms with van der Waals surface area (Å²) in [6.07, 6.45) is 0.374. The van der Waals surface area contributed by atoms with E-state index >= 15 is 17.6 Å². The van der Waals surface area contributed by atoms with Crippen molar-refractivity contribution in [1.82, 2.24) is 0 Å². The maximum absolute atomic E-state index is 15.0. The topological polar surface area (TPSA) is 51.5 Å². The second kappa shape index (κ2) is 13.7. The van der Waals surface area contributed by atoms with E-state index in [1.807, 2.05) is 12.3 Å². The molecule has 0 aromatic heterocycles. The summed E-state index contributed by atoms with van der Waals surface area (Å²) in [7, 11) is 0. The van der Waals surface area contributed by atoms with E-state index in [1.54, 1.807) is 30.3 Å². The molecule has 0 spiro atoms. The Balaban J connectivity index is 1.60. The molecule has 4 rings (SSSR count). The summed E-state index contributed by atoms with van der Waals surface area (Å²) < 4.78 is 105. The maximum atomic E-state index is 15.0. The van der Waals surface area contributed by atoms with E-state index in [0.29, 0.717) is 35.3 Å². The maximum Gasteiger partial charge on any atom is 0.432 e. The SMILES string of the molecule is CC1CO\C=C(F)/C(c2cc(F)c(C(F)(F)Oc3ccc(-c4ccc(SC#N)cc4)c(F)c3)c(F)c2)=C\C=C\COC1. The molecule has 1 aliphatic heterocycles. The van der Waals surface area contributed by atoms with Crippen molar-refractivity contribution in [1.29, 1.82) is 5.26 Å². The number of hydrogen-bond donors (Lipinski definition) is 0. The van der Waals surface area contributed by atoms with Gasteiger partial charge in [0.05, 0.1) is 19.8 Å². The molecule has 1 unspecified atom stereocenters. The minimum absolute atomic E-state index is 0.0559. The van der Waals surface area contributed by atoms with Crippen LogP contribution in [-0.2, 0) is 15.6 Å². The molecule has 3 aromatic carbocycles. The number of thiocyanates is 1. The average molecular weight is 604 g/mol. The Hall–Kier alpha value is -4.14. The fourth-order valence-electron chi connectivity index (χ4n) is 4.02. The molecule has 0 amide bonds. The van der Waals surface area contributed by atoms with E-state index in [2.05, 4.69) is 4.74 Å². The standard InChI is InChI=1S/C31H23F6NO3S/c1-19-15-39-11-3-2-4-24(29(35)17-40-16-19)21-12-27(33)30(28(34)13-21)31(36,37)41-22-7-10-25(26(32)14-22)20-5-8-23(9-6-20)42-18-38/h2-10,12-14,17,19H,11,15-16H2,1H3/b3-2+,24-4-,29-17+. The molecule has 1 atom stereocenters. The first-order valence-electron chi connectivity index (χ1n) is 12.5. The molecular weight excluding hydrogens is 580 g/mol. The van der Waals surface area contributed by atoms with Crippen LogP contribution in [0.15, 0.2) is 89.8 Å². The second-order valence-corrected chi connectivity index (χ2v) is 10.1.